The molecule has 0 aliphatic carbocycles. The minimum Gasteiger partial charge on any atom is -0.336 e. The van der Waals surface area contributed by atoms with Gasteiger partial charge in [0.05, 0.1) is 16.3 Å². The molecule has 1 N–H and O–H groups in total. The van der Waals surface area contributed by atoms with Gasteiger partial charge in [-0.05, 0) is 24.7 Å². The number of halogens is 2. The van der Waals surface area contributed by atoms with Gasteiger partial charge in [0.15, 0.2) is 0 Å². The maximum atomic E-state index is 12.5. The van der Waals surface area contributed by atoms with E-state index in [1.807, 2.05) is 4.90 Å². The molecule has 1 saturated heterocycles. The summed E-state index contributed by atoms with van der Waals surface area (Å²) in [6.45, 7) is 6.40. The normalized spacial score (nSPS) is 15.2. The quantitative estimate of drug-likeness (QED) is 0.882. The Kier molecular flexibility index (Phi) is 5.73. The van der Waals surface area contributed by atoms with Crippen molar-refractivity contribution in [3.8, 4) is 0 Å². The number of nitrogens with zero attached hydrogens (tertiary/aromatic N) is 4. The number of aromatic nitrogens is 2. The highest BCUT2D eigenvalue weighted by atomic mass is 35.5. The third kappa shape index (κ3) is 4.39. The Labute approximate surface area is 156 Å². The lowest BCUT2D eigenvalue weighted by Crippen LogP contribution is -2.48. The summed E-state index contributed by atoms with van der Waals surface area (Å²) in [6, 6.07) is 5.11. The van der Waals surface area contributed by atoms with Crippen LogP contribution in [0, 0.1) is 0 Å². The van der Waals surface area contributed by atoms with Gasteiger partial charge in [-0.1, -0.05) is 30.1 Å². The van der Waals surface area contributed by atoms with Gasteiger partial charge in [-0.25, -0.2) is 9.97 Å². The molecule has 132 valence electrons. The molecule has 1 fully saturated rings. The van der Waals surface area contributed by atoms with Crippen molar-refractivity contribution in [3.05, 3.63) is 46.2 Å². The summed E-state index contributed by atoms with van der Waals surface area (Å²) in [6.07, 6.45) is 3.07. The Morgan fingerprint density at radius 2 is 1.84 bits per heavy atom. The van der Waals surface area contributed by atoms with Gasteiger partial charge >= 0.3 is 0 Å². The maximum absolute atomic E-state index is 12.5. The van der Waals surface area contributed by atoms with Gasteiger partial charge in [-0.15, -0.1) is 0 Å². The fourth-order valence-corrected chi connectivity index (χ4v) is 3.12. The Balaban J connectivity index is 1.64. The van der Waals surface area contributed by atoms with Crippen LogP contribution in [0.1, 0.15) is 17.3 Å². The number of benzene rings is 1. The van der Waals surface area contributed by atoms with Crippen molar-refractivity contribution in [2.45, 2.75) is 6.92 Å². The molecule has 8 heteroatoms. The molecular formula is C17H19Cl2N5O. The second kappa shape index (κ2) is 7.99. The molecule has 2 heterocycles. The Hall–Kier alpha value is -1.89. The number of anilines is 2. The minimum atomic E-state index is -0.0353. The van der Waals surface area contributed by atoms with Crippen LogP contribution in [-0.4, -0.2) is 58.4 Å². The second-order valence-corrected chi connectivity index (χ2v) is 6.61. The Morgan fingerprint density at radius 3 is 2.44 bits per heavy atom. The summed E-state index contributed by atoms with van der Waals surface area (Å²) in [5.74, 6) is 0.336. The first-order valence-electron chi connectivity index (χ1n) is 8.12. The van der Waals surface area contributed by atoms with Crippen molar-refractivity contribution in [1.82, 2.24) is 19.8 Å². The second-order valence-electron chi connectivity index (χ2n) is 5.77. The van der Waals surface area contributed by atoms with E-state index in [9.17, 15) is 4.79 Å². The van der Waals surface area contributed by atoms with Gasteiger partial charge in [-0.2, -0.15) is 0 Å². The number of rotatable bonds is 4. The SMILES string of the molecule is CCN1CCN(C(=O)c2cnc(Nc3ccc(Cl)cc3Cl)nc2)CC1. The smallest absolute Gasteiger partial charge is 0.257 e. The summed E-state index contributed by atoms with van der Waals surface area (Å²) >= 11 is 12.0. The number of carbonyl (C=O) groups excluding carboxylic acids is 1. The average Bonchev–Trinajstić information content (AvgIpc) is 2.64. The lowest BCUT2D eigenvalue weighted by Gasteiger charge is -2.33. The predicted octanol–water partition coefficient (Wildman–Crippen LogP) is 3.30. The fraction of sp³-hybridized carbons (Fsp3) is 0.353. The van der Waals surface area contributed by atoms with E-state index >= 15 is 0 Å². The summed E-state index contributed by atoms with van der Waals surface area (Å²) in [5.41, 5.74) is 1.14. The van der Waals surface area contributed by atoms with Gasteiger partial charge < -0.3 is 15.1 Å². The molecule has 0 unspecified atom stereocenters. The van der Waals surface area contributed by atoms with E-state index in [1.165, 1.54) is 12.4 Å². The van der Waals surface area contributed by atoms with E-state index in [0.717, 1.165) is 32.7 Å². The zero-order chi connectivity index (χ0) is 17.8. The molecule has 25 heavy (non-hydrogen) atoms. The fourth-order valence-electron chi connectivity index (χ4n) is 2.66. The van der Waals surface area contributed by atoms with Crippen LogP contribution in [0.15, 0.2) is 30.6 Å². The molecular weight excluding hydrogens is 361 g/mol. The van der Waals surface area contributed by atoms with Crippen LogP contribution in [-0.2, 0) is 0 Å². The molecule has 0 saturated carbocycles. The topological polar surface area (TPSA) is 61.4 Å². The van der Waals surface area contributed by atoms with E-state index in [-0.39, 0.29) is 5.91 Å². The standard InChI is InChI=1S/C17H19Cl2N5O/c1-2-23-5-7-24(8-6-23)16(25)12-10-20-17(21-11-12)22-15-4-3-13(18)9-14(15)19/h3-4,9-11H,2,5-8H2,1H3,(H,20,21,22). The summed E-state index contributed by atoms with van der Waals surface area (Å²) < 4.78 is 0. The van der Waals surface area contributed by atoms with Gasteiger partial charge in [-0.3, -0.25) is 4.79 Å². The number of hydrogen-bond donors (Lipinski definition) is 1. The maximum Gasteiger partial charge on any atom is 0.257 e. The van der Waals surface area contributed by atoms with Crippen LogP contribution in [0.3, 0.4) is 0 Å². The number of nitrogens with one attached hydrogen (secondary N) is 1. The summed E-state index contributed by atoms with van der Waals surface area (Å²) in [5, 5.41) is 4.05. The lowest BCUT2D eigenvalue weighted by molar-refractivity contribution is 0.0642. The van der Waals surface area contributed by atoms with E-state index in [1.54, 1.807) is 18.2 Å². The molecule has 0 radical (unpaired) electrons. The van der Waals surface area contributed by atoms with Crippen LogP contribution >= 0.6 is 23.2 Å². The third-order valence-electron chi connectivity index (χ3n) is 4.18. The van der Waals surface area contributed by atoms with Crippen molar-refractivity contribution in [3.63, 3.8) is 0 Å². The molecule has 2 aromatic rings. The number of amides is 1. The first-order valence-corrected chi connectivity index (χ1v) is 8.88. The van der Waals surface area contributed by atoms with Crippen LogP contribution in [0.5, 0.6) is 0 Å². The molecule has 6 nitrogen and oxygen atoms in total. The molecule has 1 aliphatic heterocycles. The molecule has 1 aromatic carbocycles. The Morgan fingerprint density at radius 1 is 1.16 bits per heavy atom. The van der Waals surface area contributed by atoms with E-state index < -0.39 is 0 Å². The van der Waals surface area contributed by atoms with Crippen molar-refractivity contribution in [2.75, 3.05) is 38.0 Å². The largest absolute Gasteiger partial charge is 0.336 e. The highest BCUT2D eigenvalue weighted by molar-refractivity contribution is 6.36. The van der Waals surface area contributed by atoms with E-state index in [0.29, 0.717) is 27.2 Å². The molecule has 1 aromatic heterocycles. The molecule has 3 rings (SSSR count). The van der Waals surface area contributed by atoms with Crippen molar-refractivity contribution in [2.24, 2.45) is 0 Å². The van der Waals surface area contributed by atoms with Gasteiger partial charge in [0.25, 0.3) is 5.91 Å². The molecule has 0 bridgehead atoms. The highest BCUT2D eigenvalue weighted by Crippen LogP contribution is 2.27. The van der Waals surface area contributed by atoms with E-state index in [4.69, 9.17) is 23.2 Å². The molecule has 1 amide bonds. The number of likely N-dealkylation sites (N-methyl/N-ethyl adjacent to an activating group) is 1. The van der Waals surface area contributed by atoms with Crippen LogP contribution < -0.4 is 5.32 Å². The number of hydrogen-bond acceptors (Lipinski definition) is 5. The number of carbonyl (C=O) groups is 1. The van der Waals surface area contributed by atoms with Gasteiger partial charge in [0, 0.05) is 43.6 Å². The molecule has 0 atom stereocenters. The zero-order valence-electron chi connectivity index (χ0n) is 13.9. The zero-order valence-corrected chi connectivity index (χ0v) is 15.4. The van der Waals surface area contributed by atoms with Crippen LogP contribution in [0.25, 0.3) is 0 Å². The third-order valence-corrected chi connectivity index (χ3v) is 4.73. The lowest BCUT2D eigenvalue weighted by atomic mass is 10.2. The molecule has 1 aliphatic rings. The van der Waals surface area contributed by atoms with Crippen molar-refractivity contribution < 1.29 is 4.79 Å². The van der Waals surface area contributed by atoms with Gasteiger partial charge in [0.2, 0.25) is 5.95 Å². The predicted molar refractivity (Wildman–Crippen MR) is 99.8 cm³/mol. The highest BCUT2D eigenvalue weighted by Gasteiger charge is 2.21. The first kappa shape index (κ1) is 17.9. The summed E-state index contributed by atoms with van der Waals surface area (Å²) in [7, 11) is 0. The summed E-state index contributed by atoms with van der Waals surface area (Å²) in [4.78, 5) is 25.1. The van der Waals surface area contributed by atoms with Crippen LogP contribution in [0.2, 0.25) is 10.0 Å². The Bertz CT molecular complexity index is 745. The molecule has 0 spiro atoms. The van der Waals surface area contributed by atoms with Crippen molar-refractivity contribution in [1.29, 1.82) is 0 Å². The van der Waals surface area contributed by atoms with E-state index in [2.05, 4.69) is 27.1 Å². The van der Waals surface area contributed by atoms with Crippen LogP contribution in [0.4, 0.5) is 11.6 Å². The van der Waals surface area contributed by atoms with Crippen molar-refractivity contribution >= 4 is 40.7 Å². The first-order chi connectivity index (χ1) is 12.1. The minimum absolute atomic E-state index is 0.0353. The van der Waals surface area contributed by atoms with Gasteiger partial charge in [0.1, 0.15) is 0 Å². The monoisotopic (exact) mass is 379 g/mol. The number of piperazine rings is 1. The average molecular weight is 380 g/mol.